The van der Waals surface area contributed by atoms with Crippen molar-refractivity contribution < 1.29 is 17.9 Å². The lowest BCUT2D eigenvalue weighted by atomic mass is 10.1. The molecule has 0 atom stereocenters. The maximum absolute atomic E-state index is 14.1. The predicted molar refractivity (Wildman–Crippen MR) is 63.2 cm³/mol. The Morgan fingerprint density at radius 2 is 2.11 bits per heavy atom. The van der Waals surface area contributed by atoms with Gasteiger partial charge in [0, 0.05) is 17.9 Å². The van der Waals surface area contributed by atoms with Crippen LogP contribution in [0.3, 0.4) is 0 Å². The second kappa shape index (κ2) is 3.98. The summed E-state index contributed by atoms with van der Waals surface area (Å²) in [4.78, 5) is -0.742. The lowest BCUT2D eigenvalue weighted by Crippen LogP contribution is -2.03. The molecule has 1 heterocycles. The first-order valence-electron chi connectivity index (χ1n) is 4.83. The van der Waals surface area contributed by atoms with E-state index in [2.05, 4.69) is 10.2 Å². The van der Waals surface area contributed by atoms with Crippen LogP contribution in [0.5, 0.6) is 5.75 Å². The van der Waals surface area contributed by atoms with E-state index in [-0.39, 0.29) is 17.1 Å². The van der Waals surface area contributed by atoms with Crippen LogP contribution in [0.2, 0.25) is 0 Å². The molecule has 0 saturated carbocycles. The molecule has 18 heavy (non-hydrogen) atoms. The molecule has 1 aromatic carbocycles. The van der Waals surface area contributed by atoms with Gasteiger partial charge in [-0.1, -0.05) is 0 Å². The second-order valence-electron chi connectivity index (χ2n) is 3.75. The van der Waals surface area contributed by atoms with Gasteiger partial charge in [0.2, 0.25) is 0 Å². The Labute approximate surface area is 102 Å². The Bertz CT molecular complexity index is 709. The minimum Gasteiger partial charge on any atom is -0.506 e. The molecular weight excluding hydrogens is 261 g/mol. The molecule has 0 fully saturated rings. The summed E-state index contributed by atoms with van der Waals surface area (Å²) in [5, 5.41) is 15.5. The first-order chi connectivity index (χ1) is 8.30. The summed E-state index contributed by atoms with van der Waals surface area (Å²) in [5.41, 5.74) is 5.59. The van der Waals surface area contributed by atoms with Crippen LogP contribution in [0.15, 0.2) is 23.1 Å². The van der Waals surface area contributed by atoms with Crippen LogP contribution in [0.1, 0.15) is 0 Å². The zero-order chi connectivity index (χ0) is 13.5. The number of hydrogen-bond donors (Lipinski definition) is 3. The van der Waals surface area contributed by atoms with E-state index in [1.165, 1.54) is 12.1 Å². The molecule has 0 aliphatic rings. The van der Waals surface area contributed by atoms with Crippen LogP contribution in [0, 0.1) is 5.82 Å². The Morgan fingerprint density at radius 3 is 2.61 bits per heavy atom. The van der Waals surface area contributed by atoms with Crippen LogP contribution in [-0.2, 0) is 9.84 Å². The van der Waals surface area contributed by atoms with Gasteiger partial charge in [-0.3, -0.25) is 5.10 Å². The van der Waals surface area contributed by atoms with E-state index in [9.17, 15) is 17.9 Å². The topological polar surface area (TPSA) is 109 Å². The number of sulfone groups is 1. The molecule has 96 valence electrons. The van der Waals surface area contributed by atoms with Crippen molar-refractivity contribution in [3.63, 3.8) is 0 Å². The number of hydrogen-bond acceptors (Lipinski definition) is 5. The number of H-pyrrole nitrogens is 1. The van der Waals surface area contributed by atoms with Gasteiger partial charge in [-0.25, -0.2) is 12.8 Å². The zero-order valence-electron chi connectivity index (χ0n) is 9.31. The molecule has 0 bridgehead atoms. The molecular formula is C10H10FN3O3S. The molecule has 6 nitrogen and oxygen atoms in total. The highest BCUT2D eigenvalue weighted by Crippen LogP contribution is 2.32. The molecule has 0 saturated heterocycles. The maximum Gasteiger partial charge on any atom is 0.182 e. The van der Waals surface area contributed by atoms with Crippen molar-refractivity contribution in [3.8, 4) is 17.0 Å². The number of aromatic hydroxyl groups is 1. The number of nitrogens with zero attached hydrogens (tertiary/aromatic N) is 1. The van der Waals surface area contributed by atoms with Gasteiger partial charge in [0.1, 0.15) is 16.5 Å². The molecule has 8 heteroatoms. The molecule has 0 aliphatic carbocycles. The monoisotopic (exact) mass is 271 g/mol. The first kappa shape index (κ1) is 12.4. The van der Waals surface area contributed by atoms with Gasteiger partial charge < -0.3 is 10.8 Å². The number of aromatic nitrogens is 2. The van der Waals surface area contributed by atoms with Crippen LogP contribution < -0.4 is 5.73 Å². The summed E-state index contributed by atoms with van der Waals surface area (Å²) < 4.78 is 36.9. The minimum atomic E-state index is -3.88. The molecule has 0 spiro atoms. The number of rotatable bonds is 2. The largest absolute Gasteiger partial charge is 0.506 e. The van der Waals surface area contributed by atoms with Crippen LogP contribution >= 0.6 is 0 Å². The van der Waals surface area contributed by atoms with Crippen LogP contribution in [-0.4, -0.2) is 30.0 Å². The van der Waals surface area contributed by atoms with Gasteiger partial charge >= 0.3 is 0 Å². The standard InChI is InChI=1S/C10H10FN3O3S/c1-18(16,17)10-7(15)3-2-5(9(10)11)6-4-8(12)14-13-6/h2-4,15H,1H3,(H3,12,13,14). The van der Waals surface area contributed by atoms with Crippen molar-refractivity contribution in [2.75, 3.05) is 12.0 Å². The Balaban J connectivity index is 2.73. The van der Waals surface area contributed by atoms with Crippen molar-refractivity contribution in [3.05, 3.63) is 24.0 Å². The van der Waals surface area contributed by atoms with E-state index < -0.39 is 26.3 Å². The van der Waals surface area contributed by atoms with Gasteiger partial charge in [0.25, 0.3) is 0 Å². The number of anilines is 1. The van der Waals surface area contributed by atoms with E-state index in [4.69, 9.17) is 5.73 Å². The predicted octanol–water partition coefficient (Wildman–Crippen LogP) is 0.907. The number of halogens is 1. The van der Waals surface area contributed by atoms with Gasteiger partial charge in [-0.05, 0) is 12.1 Å². The minimum absolute atomic E-state index is 0.0302. The Morgan fingerprint density at radius 1 is 1.44 bits per heavy atom. The van der Waals surface area contributed by atoms with E-state index in [1.807, 2.05) is 0 Å². The Hall–Kier alpha value is -2.09. The summed E-state index contributed by atoms with van der Waals surface area (Å²) in [6.07, 6.45) is 0.816. The van der Waals surface area contributed by atoms with Crippen molar-refractivity contribution in [2.24, 2.45) is 0 Å². The highest BCUT2D eigenvalue weighted by atomic mass is 32.2. The van der Waals surface area contributed by atoms with Gasteiger partial charge in [-0.15, -0.1) is 0 Å². The van der Waals surface area contributed by atoms with Gasteiger partial charge in [0.15, 0.2) is 15.7 Å². The number of benzene rings is 1. The third kappa shape index (κ3) is 2.02. The summed E-state index contributed by atoms with van der Waals surface area (Å²) in [6.45, 7) is 0. The van der Waals surface area contributed by atoms with Crippen molar-refractivity contribution >= 4 is 15.7 Å². The summed E-state index contributed by atoms with van der Waals surface area (Å²) in [7, 11) is -3.88. The lowest BCUT2D eigenvalue weighted by Gasteiger charge is -2.07. The first-order valence-corrected chi connectivity index (χ1v) is 6.72. The van der Waals surface area contributed by atoms with E-state index in [0.717, 1.165) is 12.3 Å². The number of nitrogens with two attached hydrogens (primary N) is 1. The molecule has 0 aliphatic heterocycles. The Kier molecular flexibility index (Phi) is 2.74. The van der Waals surface area contributed by atoms with Crippen molar-refractivity contribution in [2.45, 2.75) is 4.90 Å². The van der Waals surface area contributed by atoms with Crippen molar-refractivity contribution in [1.82, 2.24) is 10.2 Å². The zero-order valence-corrected chi connectivity index (χ0v) is 10.1. The normalized spacial score (nSPS) is 11.7. The highest BCUT2D eigenvalue weighted by molar-refractivity contribution is 7.90. The lowest BCUT2D eigenvalue weighted by molar-refractivity contribution is 0.445. The fourth-order valence-corrected chi connectivity index (χ4v) is 2.47. The average molecular weight is 271 g/mol. The quantitative estimate of drug-likeness (QED) is 0.752. The third-order valence-corrected chi connectivity index (χ3v) is 3.46. The number of phenolic OH excluding ortho intramolecular Hbond substituents is 1. The smallest absolute Gasteiger partial charge is 0.182 e. The summed E-state index contributed by atoms with van der Waals surface area (Å²) >= 11 is 0. The van der Waals surface area contributed by atoms with Gasteiger partial charge in [0.05, 0.1) is 5.69 Å². The maximum atomic E-state index is 14.1. The molecule has 0 radical (unpaired) electrons. The average Bonchev–Trinajstić information content (AvgIpc) is 2.62. The number of phenols is 1. The number of nitrogens with one attached hydrogen (secondary N) is 1. The fraction of sp³-hybridized carbons (Fsp3) is 0.100. The second-order valence-corrected chi connectivity index (χ2v) is 5.71. The number of nitrogen functional groups attached to an aromatic ring is 1. The number of aromatic amines is 1. The SMILES string of the molecule is CS(=O)(=O)c1c(O)ccc(-c2cc(N)n[nH]2)c1F. The van der Waals surface area contributed by atoms with Crippen molar-refractivity contribution in [1.29, 1.82) is 0 Å². The molecule has 2 aromatic rings. The van der Waals surface area contributed by atoms with E-state index in [0.29, 0.717) is 0 Å². The molecule has 2 rings (SSSR count). The van der Waals surface area contributed by atoms with Crippen LogP contribution in [0.4, 0.5) is 10.2 Å². The molecule has 0 amide bonds. The summed E-state index contributed by atoms with van der Waals surface area (Å²) in [5.74, 6) is -1.52. The highest BCUT2D eigenvalue weighted by Gasteiger charge is 2.23. The van der Waals surface area contributed by atoms with Gasteiger partial charge in [-0.2, -0.15) is 5.10 Å². The van der Waals surface area contributed by atoms with E-state index in [1.54, 1.807) is 0 Å². The third-order valence-electron chi connectivity index (χ3n) is 2.33. The van der Waals surface area contributed by atoms with Crippen LogP contribution in [0.25, 0.3) is 11.3 Å². The fourth-order valence-electron chi connectivity index (χ4n) is 1.58. The van der Waals surface area contributed by atoms with E-state index >= 15 is 0 Å². The molecule has 1 aromatic heterocycles. The molecule has 4 N–H and O–H groups in total. The summed E-state index contributed by atoms with van der Waals surface area (Å²) in [6, 6.07) is 3.71. The molecule has 0 unspecified atom stereocenters.